The summed E-state index contributed by atoms with van der Waals surface area (Å²) in [7, 11) is 1.65. The minimum Gasteiger partial charge on any atom is -0.497 e. The Bertz CT molecular complexity index is 764. The lowest BCUT2D eigenvalue weighted by molar-refractivity contribution is 0.0493. The van der Waals surface area contributed by atoms with E-state index in [-0.39, 0.29) is 5.91 Å². The van der Waals surface area contributed by atoms with Gasteiger partial charge in [0.25, 0.3) is 5.91 Å². The van der Waals surface area contributed by atoms with Gasteiger partial charge in [-0.25, -0.2) is 0 Å². The van der Waals surface area contributed by atoms with Crippen LogP contribution in [0.4, 0.5) is 0 Å². The largest absolute Gasteiger partial charge is 0.497 e. The lowest BCUT2D eigenvalue weighted by Gasteiger charge is -2.41. The smallest absolute Gasteiger partial charge is 0.289 e. The molecule has 1 saturated heterocycles. The molecule has 24 heavy (non-hydrogen) atoms. The molecule has 0 radical (unpaired) electrons. The molecule has 2 aliphatic rings. The molecule has 128 valence electrons. The van der Waals surface area contributed by atoms with Crippen molar-refractivity contribution in [2.24, 2.45) is 11.8 Å². The van der Waals surface area contributed by atoms with Gasteiger partial charge in [0.15, 0.2) is 5.76 Å². The Kier molecular flexibility index (Phi) is 3.99. The van der Waals surface area contributed by atoms with Crippen molar-refractivity contribution in [3.8, 4) is 5.75 Å². The number of rotatable bonds is 2. The second-order valence-electron chi connectivity index (χ2n) is 7.26. The second-order valence-corrected chi connectivity index (χ2v) is 7.26. The van der Waals surface area contributed by atoms with E-state index >= 15 is 0 Å². The molecular weight excluding hydrogens is 302 g/mol. The first-order valence-corrected chi connectivity index (χ1v) is 9.04. The van der Waals surface area contributed by atoms with Crippen LogP contribution < -0.4 is 4.74 Å². The number of methoxy groups -OCH3 is 1. The van der Waals surface area contributed by atoms with E-state index in [0.29, 0.717) is 11.7 Å². The van der Waals surface area contributed by atoms with Crippen molar-refractivity contribution in [1.29, 1.82) is 0 Å². The molecule has 2 heterocycles. The van der Waals surface area contributed by atoms with Gasteiger partial charge in [-0.1, -0.05) is 19.3 Å². The summed E-state index contributed by atoms with van der Waals surface area (Å²) < 4.78 is 11.2. The molecule has 0 spiro atoms. The lowest BCUT2D eigenvalue weighted by Crippen LogP contribution is -2.44. The number of furan rings is 1. The molecule has 2 aromatic rings. The maximum atomic E-state index is 13.0. The van der Waals surface area contributed by atoms with Gasteiger partial charge in [0, 0.05) is 24.0 Å². The second kappa shape index (κ2) is 6.15. The Labute approximate surface area is 142 Å². The molecule has 2 fully saturated rings. The molecule has 1 aliphatic heterocycles. The number of fused-ring (bicyclic) bond motifs is 2. The molecule has 0 unspecified atom stereocenters. The third-order valence-corrected chi connectivity index (χ3v) is 5.92. The van der Waals surface area contributed by atoms with Crippen molar-refractivity contribution in [2.75, 3.05) is 20.2 Å². The van der Waals surface area contributed by atoms with Crippen LogP contribution >= 0.6 is 0 Å². The summed E-state index contributed by atoms with van der Waals surface area (Å²) >= 11 is 0. The fraction of sp³-hybridized carbons (Fsp3) is 0.550. The number of likely N-dealkylation sites (tertiary alicyclic amines) is 1. The number of benzene rings is 1. The number of hydrogen-bond donors (Lipinski definition) is 0. The van der Waals surface area contributed by atoms with Crippen LogP contribution in [0.2, 0.25) is 0 Å². The monoisotopic (exact) mass is 327 g/mol. The van der Waals surface area contributed by atoms with Crippen LogP contribution in [0.25, 0.3) is 11.0 Å². The highest BCUT2D eigenvalue weighted by Gasteiger charge is 2.34. The molecule has 1 aromatic heterocycles. The SMILES string of the molecule is COc1ccc2oc(C(=O)N3CC[C@H]4CCCC[C@H]4C3)c(C)c2c1. The number of piperidine rings is 1. The molecule has 1 saturated carbocycles. The van der Waals surface area contributed by atoms with E-state index in [1.807, 2.05) is 30.0 Å². The van der Waals surface area contributed by atoms with Gasteiger partial charge >= 0.3 is 0 Å². The fourth-order valence-corrected chi connectivity index (χ4v) is 4.46. The number of ether oxygens (including phenoxy) is 1. The van der Waals surface area contributed by atoms with Crippen molar-refractivity contribution < 1.29 is 13.9 Å². The number of carbonyl (C=O) groups is 1. The molecule has 0 bridgehead atoms. The Morgan fingerprint density at radius 1 is 1.21 bits per heavy atom. The predicted octanol–water partition coefficient (Wildman–Crippen LogP) is 4.40. The highest BCUT2D eigenvalue weighted by Crippen LogP contribution is 2.37. The Balaban J connectivity index is 1.60. The van der Waals surface area contributed by atoms with Crippen molar-refractivity contribution in [3.63, 3.8) is 0 Å². The van der Waals surface area contributed by atoms with Gasteiger partial charge in [-0.05, 0) is 49.8 Å². The van der Waals surface area contributed by atoms with E-state index in [1.54, 1.807) is 7.11 Å². The number of hydrogen-bond acceptors (Lipinski definition) is 3. The summed E-state index contributed by atoms with van der Waals surface area (Å²) in [5.74, 6) is 2.83. The Morgan fingerprint density at radius 2 is 2.00 bits per heavy atom. The third kappa shape index (κ3) is 2.58. The molecule has 0 N–H and O–H groups in total. The van der Waals surface area contributed by atoms with Gasteiger partial charge in [0.05, 0.1) is 7.11 Å². The molecule has 4 rings (SSSR count). The number of carbonyl (C=O) groups excluding carboxylic acids is 1. The number of nitrogens with zero attached hydrogens (tertiary/aromatic N) is 1. The van der Waals surface area contributed by atoms with Gasteiger partial charge in [0.1, 0.15) is 11.3 Å². The van der Waals surface area contributed by atoms with Crippen LogP contribution in [-0.2, 0) is 0 Å². The predicted molar refractivity (Wildman–Crippen MR) is 93.5 cm³/mol. The van der Waals surface area contributed by atoms with E-state index in [0.717, 1.165) is 47.7 Å². The summed E-state index contributed by atoms with van der Waals surface area (Å²) in [5, 5.41) is 0.963. The van der Waals surface area contributed by atoms with Crippen LogP contribution in [0.3, 0.4) is 0 Å². The van der Waals surface area contributed by atoms with Gasteiger partial charge in [-0.3, -0.25) is 4.79 Å². The quantitative estimate of drug-likeness (QED) is 0.821. The summed E-state index contributed by atoms with van der Waals surface area (Å²) in [6.45, 7) is 3.72. The van der Waals surface area contributed by atoms with Crippen LogP contribution in [0, 0.1) is 18.8 Å². The molecule has 1 amide bonds. The average molecular weight is 327 g/mol. The van der Waals surface area contributed by atoms with Gasteiger partial charge < -0.3 is 14.1 Å². The van der Waals surface area contributed by atoms with Crippen LogP contribution in [-0.4, -0.2) is 31.0 Å². The van der Waals surface area contributed by atoms with Crippen molar-refractivity contribution >= 4 is 16.9 Å². The van der Waals surface area contributed by atoms with E-state index in [1.165, 1.54) is 25.7 Å². The van der Waals surface area contributed by atoms with E-state index in [2.05, 4.69) is 0 Å². The summed E-state index contributed by atoms with van der Waals surface area (Å²) in [6, 6.07) is 5.69. The zero-order valence-electron chi connectivity index (χ0n) is 14.5. The normalized spacial score (nSPS) is 24.0. The maximum absolute atomic E-state index is 13.0. The zero-order valence-corrected chi connectivity index (χ0v) is 14.5. The molecule has 1 aromatic carbocycles. The summed E-state index contributed by atoms with van der Waals surface area (Å²) in [4.78, 5) is 15.0. The standard InChI is InChI=1S/C20H25NO3/c1-13-17-11-16(23-2)7-8-18(17)24-19(13)20(22)21-10-9-14-5-3-4-6-15(14)12-21/h7-8,11,14-15H,3-6,9-10,12H2,1-2H3/t14-,15+/m1/s1. The van der Waals surface area contributed by atoms with Crippen molar-refractivity contribution in [3.05, 3.63) is 29.5 Å². The van der Waals surface area contributed by atoms with Crippen LogP contribution in [0.5, 0.6) is 5.75 Å². The minimum absolute atomic E-state index is 0.0479. The Morgan fingerprint density at radius 3 is 2.79 bits per heavy atom. The minimum atomic E-state index is 0.0479. The molecule has 4 heteroatoms. The molecule has 2 atom stereocenters. The summed E-state index contributed by atoms with van der Waals surface area (Å²) in [5.41, 5.74) is 1.67. The highest BCUT2D eigenvalue weighted by atomic mass is 16.5. The number of aryl methyl sites for hydroxylation is 1. The highest BCUT2D eigenvalue weighted by molar-refractivity contribution is 5.99. The average Bonchev–Trinajstić information content (AvgIpc) is 2.96. The van der Waals surface area contributed by atoms with E-state index < -0.39 is 0 Å². The van der Waals surface area contributed by atoms with Gasteiger partial charge in [-0.2, -0.15) is 0 Å². The molecule has 4 nitrogen and oxygen atoms in total. The number of amides is 1. The first-order valence-electron chi connectivity index (χ1n) is 9.04. The maximum Gasteiger partial charge on any atom is 0.289 e. The Hall–Kier alpha value is -1.97. The zero-order chi connectivity index (χ0) is 16.7. The summed E-state index contributed by atoms with van der Waals surface area (Å²) in [6.07, 6.45) is 6.43. The molecular formula is C20H25NO3. The van der Waals surface area contributed by atoms with Crippen LogP contribution in [0.1, 0.15) is 48.2 Å². The fourth-order valence-electron chi connectivity index (χ4n) is 4.46. The van der Waals surface area contributed by atoms with Gasteiger partial charge in [0.2, 0.25) is 0 Å². The van der Waals surface area contributed by atoms with E-state index in [4.69, 9.17) is 9.15 Å². The van der Waals surface area contributed by atoms with Gasteiger partial charge in [-0.15, -0.1) is 0 Å². The third-order valence-electron chi connectivity index (χ3n) is 5.92. The van der Waals surface area contributed by atoms with Crippen LogP contribution in [0.15, 0.2) is 22.6 Å². The van der Waals surface area contributed by atoms with E-state index in [9.17, 15) is 4.79 Å². The first-order chi connectivity index (χ1) is 11.7. The first kappa shape index (κ1) is 15.6. The van der Waals surface area contributed by atoms with Crippen molar-refractivity contribution in [1.82, 2.24) is 4.90 Å². The topological polar surface area (TPSA) is 42.7 Å². The lowest BCUT2D eigenvalue weighted by atomic mass is 9.75. The van der Waals surface area contributed by atoms with Crippen molar-refractivity contribution in [2.45, 2.75) is 39.0 Å². The molecule has 1 aliphatic carbocycles.